The van der Waals surface area contributed by atoms with E-state index >= 15 is 0 Å². The van der Waals surface area contributed by atoms with Gasteiger partial charge in [-0.15, -0.1) is 0 Å². The maximum Gasteiger partial charge on any atom is 0.0653 e. The van der Waals surface area contributed by atoms with E-state index in [-0.39, 0.29) is 5.54 Å². The molecule has 0 aromatic carbocycles. The van der Waals surface area contributed by atoms with Crippen LogP contribution in [0.3, 0.4) is 0 Å². The lowest BCUT2D eigenvalue weighted by molar-refractivity contribution is 0.323. The average Bonchev–Trinajstić information content (AvgIpc) is 2.37. The summed E-state index contributed by atoms with van der Waals surface area (Å²) < 4.78 is 2.15. The van der Waals surface area contributed by atoms with Crippen molar-refractivity contribution in [3.63, 3.8) is 0 Å². The summed E-state index contributed by atoms with van der Waals surface area (Å²) in [5, 5.41) is 0. The number of hydrogen-bond acceptors (Lipinski definition) is 0. The standard InChI is InChI=1S/C10H16N/c1-4-7-10(2,3)11-8-5-6-9-11/h5-6,8H,4,7H2,1-3H3. The van der Waals surface area contributed by atoms with Gasteiger partial charge in [0.1, 0.15) is 0 Å². The normalized spacial score (nSPS) is 11.9. The molecule has 0 aliphatic carbocycles. The van der Waals surface area contributed by atoms with E-state index in [1.807, 2.05) is 12.1 Å². The molecule has 0 unspecified atom stereocenters. The summed E-state index contributed by atoms with van der Waals surface area (Å²) in [5.74, 6) is 0. The van der Waals surface area contributed by atoms with E-state index in [2.05, 4.69) is 37.7 Å². The summed E-state index contributed by atoms with van der Waals surface area (Å²) in [4.78, 5) is 0. The topological polar surface area (TPSA) is 4.93 Å². The number of hydrogen-bond donors (Lipinski definition) is 0. The smallest absolute Gasteiger partial charge is 0.0653 e. The van der Waals surface area contributed by atoms with Crippen LogP contribution in [0.1, 0.15) is 33.6 Å². The Morgan fingerprint density at radius 1 is 1.45 bits per heavy atom. The molecule has 0 atom stereocenters. The van der Waals surface area contributed by atoms with Crippen molar-refractivity contribution in [3.05, 3.63) is 24.5 Å². The minimum atomic E-state index is 0.234. The van der Waals surface area contributed by atoms with Crippen molar-refractivity contribution in [3.8, 4) is 0 Å². The van der Waals surface area contributed by atoms with E-state index in [0.717, 1.165) is 0 Å². The second-order valence-electron chi connectivity index (χ2n) is 3.57. The number of rotatable bonds is 3. The predicted octanol–water partition coefficient (Wildman–Crippen LogP) is 2.82. The van der Waals surface area contributed by atoms with Crippen molar-refractivity contribution < 1.29 is 0 Å². The lowest BCUT2D eigenvalue weighted by atomic mass is 9.99. The van der Waals surface area contributed by atoms with Crippen LogP contribution in [0.5, 0.6) is 0 Å². The Morgan fingerprint density at radius 2 is 2.18 bits per heavy atom. The van der Waals surface area contributed by atoms with Gasteiger partial charge >= 0.3 is 0 Å². The van der Waals surface area contributed by atoms with Gasteiger partial charge in [0, 0.05) is 11.7 Å². The SMILES string of the molecule is CCCC(C)(C)n1[c]ccc1. The maximum absolute atomic E-state index is 3.18. The molecule has 1 rings (SSSR count). The average molecular weight is 150 g/mol. The van der Waals surface area contributed by atoms with Crippen molar-refractivity contribution in [1.82, 2.24) is 4.57 Å². The van der Waals surface area contributed by atoms with Crippen LogP contribution >= 0.6 is 0 Å². The van der Waals surface area contributed by atoms with E-state index in [1.165, 1.54) is 12.8 Å². The molecule has 0 amide bonds. The fourth-order valence-corrected chi connectivity index (χ4v) is 1.40. The van der Waals surface area contributed by atoms with Gasteiger partial charge in [-0.1, -0.05) is 13.3 Å². The summed E-state index contributed by atoms with van der Waals surface area (Å²) in [5.41, 5.74) is 0.234. The predicted molar refractivity (Wildman–Crippen MR) is 47.5 cm³/mol. The summed E-state index contributed by atoms with van der Waals surface area (Å²) in [6.45, 7) is 6.70. The van der Waals surface area contributed by atoms with Gasteiger partial charge in [-0.05, 0) is 32.4 Å². The Morgan fingerprint density at radius 3 is 2.64 bits per heavy atom. The lowest BCUT2D eigenvalue weighted by Crippen LogP contribution is -2.24. The molecule has 0 spiro atoms. The fourth-order valence-electron chi connectivity index (χ4n) is 1.40. The van der Waals surface area contributed by atoms with Crippen LogP contribution in [0.25, 0.3) is 0 Å². The van der Waals surface area contributed by atoms with E-state index < -0.39 is 0 Å². The van der Waals surface area contributed by atoms with Gasteiger partial charge in [0.25, 0.3) is 0 Å². The van der Waals surface area contributed by atoms with Gasteiger partial charge in [-0.2, -0.15) is 0 Å². The molecule has 61 valence electrons. The zero-order valence-corrected chi connectivity index (χ0v) is 7.59. The van der Waals surface area contributed by atoms with Crippen LogP contribution in [-0.4, -0.2) is 4.57 Å². The third-order valence-corrected chi connectivity index (χ3v) is 2.06. The molecule has 1 heterocycles. The molecule has 1 radical (unpaired) electrons. The van der Waals surface area contributed by atoms with Crippen molar-refractivity contribution in [2.24, 2.45) is 0 Å². The van der Waals surface area contributed by atoms with Crippen molar-refractivity contribution in [2.75, 3.05) is 0 Å². The van der Waals surface area contributed by atoms with Crippen molar-refractivity contribution in [1.29, 1.82) is 0 Å². The quantitative estimate of drug-likeness (QED) is 0.624. The molecule has 0 saturated heterocycles. The van der Waals surface area contributed by atoms with E-state index in [1.54, 1.807) is 0 Å². The summed E-state index contributed by atoms with van der Waals surface area (Å²) in [6, 6.07) is 3.98. The molecule has 0 aliphatic rings. The van der Waals surface area contributed by atoms with Gasteiger partial charge in [0.15, 0.2) is 0 Å². The third-order valence-electron chi connectivity index (χ3n) is 2.06. The van der Waals surface area contributed by atoms with Gasteiger partial charge in [-0.3, -0.25) is 0 Å². The number of aromatic nitrogens is 1. The van der Waals surface area contributed by atoms with Gasteiger partial charge in [0.05, 0.1) is 6.20 Å². The zero-order valence-electron chi connectivity index (χ0n) is 7.59. The first-order chi connectivity index (χ1) is 5.17. The second kappa shape index (κ2) is 3.12. The van der Waals surface area contributed by atoms with Crippen LogP contribution in [0.2, 0.25) is 0 Å². The first kappa shape index (κ1) is 8.38. The molecule has 0 N–H and O–H groups in total. The molecule has 1 heteroatoms. The van der Waals surface area contributed by atoms with Crippen LogP contribution in [0.4, 0.5) is 0 Å². The highest BCUT2D eigenvalue weighted by atomic mass is 15.0. The monoisotopic (exact) mass is 150 g/mol. The molecule has 1 aromatic rings. The van der Waals surface area contributed by atoms with Crippen LogP contribution < -0.4 is 0 Å². The summed E-state index contributed by atoms with van der Waals surface area (Å²) in [6.07, 6.45) is 7.69. The van der Waals surface area contributed by atoms with E-state index in [0.29, 0.717) is 0 Å². The highest BCUT2D eigenvalue weighted by molar-refractivity contribution is 4.94. The molecule has 1 nitrogen and oxygen atoms in total. The highest BCUT2D eigenvalue weighted by Crippen LogP contribution is 2.20. The van der Waals surface area contributed by atoms with Crippen LogP contribution in [-0.2, 0) is 5.54 Å². The van der Waals surface area contributed by atoms with Crippen LogP contribution in [0.15, 0.2) is 18.3 Å². The van der Waals surface area contributed by atoms with Crippen LogP contribution in [0, 0.1) is 6.20 Å². The minimum Gasteiger partial charge on any atom is -0.341 e. The molecular formula is C10H16N. The van der Waals surface area contributed by atoms with E-state index in [4.69, 9.17) is 0 Å². The molecule has 0 aliphatic heterocycles. The maximum atomic E-state index is 3.18. The number of nitrogens with zero attached hydrogens (tertiary/aromatic N) is 1. The van der Waals surface area contributed by atoms with Gasteiger partial charge < -0.3 is 4.57 Å². The first-order valence-corrected chi connectivity index (χ1v) is 4.22. The van der Waals surface area contributed by atoms with E-state index in [9.17, 15) is 0 Å². The Balaban J connectivity index is 2.73. The fraction of sp³-hybridized carbons (Fsp3) is 0.600. The molecule has 11 heavy (non-hydrogen) atoms. The molecular weight excluding hydrogens is 134 g/mol. The van der Waals surface area contributed by atoms with Gasteiger partial charge in [0.2, 0.25) is 0 Å². The third kappa shape index (κ3) is 1.86. The van der Waals surface area contributed by atoms with Gasteiger partial charge in [-0.25, -0.2) is 0 Å². The summed E-state index contributed by atoms with van der Waals surface area (Å²) >= 11 is 0. The highest BCUT2D eigenvalue weighted by Gasteiger charge is 2.16. The Bertz CT molecular complexity index is 197. The lowest BCUT2D eigenvalue weighted by Gasteiger charge is -2.25. The Kier molecular flexibility index (Phi) is 2.38. The summed E-state index contributed by atoms with van der Waals surface area (Å²) in [7, 11) is 0. The minimum absolute atomic E-state index is 0.234. The Labute approximate surface area is 69.0 Å². The molecule has 0 bridgehead atoms. The molecule has 1 aromatic heterocycles. The van der Waals surface area contributed by atoms with Crippen molar-refractivity contribution >= 4 is 0 Å². The Hall–Kier alpha value is -0.720. The molecule has 0 saturated carbocycles. The second-order valence-corrected chi connectivity index (χ2v) is 3.57. The zero-order chi connectivity index (χ0) is 8.32. The first-order valence-electron chi connectivity index (χ1n) is 4.22. The van der Waals surface area contributed by atoms with Crippen molar-refractivity contribution in [2.45, 2.75) is 39.2 Å². The largest absolute Gasteiger partial charge is 0.341 e. The molecule has 0 fully saturated rings.